The molecule has 0 fully saturated rings. The maximum absolute atomic E-state index is 11.3. The number of hydrogen-bond acceptors (Lipinski definition) is 4. The van der Waals surface area contributed by atoms with Crippen LogP contribution in [0.25, 0.3) is 10.9 Å². The van der Waals surface area contributed by atoms with Crippen molar-refractivity contribution >= 4 is 16.9 Å². The molecule has 1 N–H and O–H groups in total. The van der Waals surface area contributed by atoms with Crippen molar-refractivity contribution in [2.24, 2.45) is 0 Å². The number of benzene rings is 3. The number of aliphatic carboxylic acids is 1. The predicted molar refractivity (Wildman–Crippen MR) is 118 cm³/mol. The van der Waals surface area contributed by atoms with Crippen molar-refractivity contribution in [2.45, 2.75) is 13.0 Å². The Morgan fingerprint density at radius 2 is 1.74 bits per heavy atom. The van der Waals surface area contributed by atoms with Crippen molar-refractivity contribution < 1.29 is 24.1 Å². The molecule has 0 saturated carbocycles. The zero-order valence-corrected chi connectivity index (χ0v) is 17.4. The van der Waals surface area contributed by atoms with Crippen LogP contribution >= 0.6 is 0 Å². The van der Waals surface area contributed by atoms with E-state index >= 15 is 0 Å². The molecule has 6 heteroatoms. The van der Waals surface area contributed by atoms with Gasteiger partial charge in [-0.3, -0.25) is 4.79 Å². The SMILES string of the molecule is COc1ccc(OC)c(Oc2cccc(Cn3cc(CC(=O)O)c4ccccc43)c2)c1. The van der Waals surface area contributed by atoms with Crippen LogP contribution in [0, 0.1) is 0 Å². The summed E-state index contributed by atoms with van der Waals surface area (Å²) in [5.74, 6) is 1.68. The van der Waals surface area contributed by atoms with Crippen molar-refractivity contribution in [1.29, 1.82) is 0 Å². The molecule has 4 rings (SSSR count). The molecule has 0 aliphatic rings. The number of fused-ring (bicyclic) bond motifs is 1. The first-order valence-corrected chi connectivity index (χ1v) is 9.84. The predicted octanol–water partition coefficient (Wildman–Crippen LogP) is 5.13. The second-order valence-corrected chi connectivity index (χ2v) is 7.14. The van der Waals surface area contributed by atoms with Gasteiger partial charge in [0.05, 0.1) is 20.6 Å². The Kier molecular flexibility index (Phi) is 5.80. The fraction of sp³-hybridized carbons (Fsp3) is 0.160. The summed E-state index contributed by atoms with van der Waals surface area (Å²) in [6.45, 7) is 0.590. The summed E-state index contributed by atoms with van der Waals surface area (Å²) in [7, 11) is 3.20. The van der Waals surface area contributed by atoms with Crippen molar-refractivity contribution in [1.82, 2.24) is 4.57 Å². The van der Waals surface area contributed by atoms with Gasteiger partial charge in [0.25, 0.3) is 0 Å². The summed E-state index contributed by atoms with van der Waals surface area (Å²) >= 11 is 0. The van der Waals surface area contributed by atoms with Gasteiger partial charge in [0.15, 0.2) is 11.5 Å². The van der Waals surface area contributed by atoms with Crippen LogP contribution in [0.5, 0.6) is 23.0 Å². The van der Waals surface area contributed by atoms with Crippen molar-refractivity contribution in [3.05, 3.63) is 84.1 Å². The molecule has 1 aromatic heterocycles. The molecular weight excluding hydrogens is 394 g/mol. The summed E-state index contributed by atoms with van der Waals surface area (Å²) in [6.07, 6.45) is 1.91. The van der Waals surface area contributed by atoms with Gasteiger partial charge in [0, 0.05) is 29.7 Å². The van der Waals surface area contributed by atoms with Crippen LogP contribution in [0.4, 0.5) is 0 Å². The third-order valence-corrected chi connectivity index (χ3v) is 5.06. The zero-order valence-electron chi connectivity index (χ0n) is 17.4. The first kappa shape index (κ1) is 20.3. The minimum atomic E-state index is -0.842. The number of carboxylic acids is 1. The molecule has 0 atom stereocenters. The lowest BCUT2D eigenvalue weighted by Crippen LogP contribution is -2.00. The number of para-hydroxylation sites is 1. The molecule has 0 bridgehead atoms. The number of aromatic nitrogens is 1. The van der Waals surface area contributed by atoms with Crippen LogP contribution in [0.1, 0.15) is 11.1 Å². The molecule has 0 aliphatic heterocycles. The third-order valence-electron chi connectivity index (χ3n) is 5.06. The van der Waals surface area contributed by atoms with Crippen LogP contribution in [-0.2, 0) is 17.8 Å². The summed E-state index contributed by atoms with van der Waals surface area (Å²) in [5, 5.41) is 10.2. The van der Waals surface area contributed by atoms with Gasteiger partial charge in [-0.05, 0) is 41.5 Å². The van der Waals surface area contributed by atoms with Crippen LogP contribution in [0.2, 0.25) is 0 Å². The molecule has 1 heterocycles. The Labute approximate surface area is 180 Å². The molecule has 6 nitrogen and oxygen atoms in total. The third kappa shape index (κ3) is 4.48. The first-order valence-electron chi connectivity index (χ1n) is 9.84. The normalized spacial score (nSPS) is 10.8. The Bertz CT molecular complexity index is 1230. The molecule has 31 heavy (non-hydrogen) atoms. The Morgan fingerprint density at radius 1 is 0.903 bits per heavy atom. The molecule has 3 aromatic carbocycles. The highest BCUT2D eigenvalue weighted by Crippen LogP contribution is 2.35. The number of carbonyl (C=O) groups is 1. The fourth-order valence-electron chi connectivity index (χ4n) is 3.65. The van der Waals surface area contributed by atoms with E-state index in [2.05, 4.69) is 4.57 Å². The summed E-state index contributed by atoms with van der Waals surface area (Å²) in [5.41, 5.74) is 2.83. The standard InChI is InChI=1S/C25H23NO5/c1-29-19-10-11-23(30-2)24(14-19)31-20-7-5-6-17(12-20)15-26-16-18(13-25(27)28)21-8-3-4-9-22(21)26/h3-12,14,16H,13,15H2,1-2H3,(H,27,28). The van der Waals surface area contributed by atoms with Crippen molar-refractivity contribution in [2.75, 3.05) is 14.2 Å². The largest absolute Gasteiger partial charge is 0.497 e. The van der Waals surface area contributed by atoms with E-state index in [-0.39, 0.29) is 6.42 Å². The Hall–Kier alpha value is -3.93. The average Bonchev–Trinajstić information content (AvgIpc) is 3.10. The lowest BCUT2D eigenvalue weighted by molar-refractivity contribution is -0.136. The van der Waals surface area contributed by atoms with Gasteiger partial charge >= 0.3 is 5.97 Å². The van der Waals surface area contributed by atoms with Crippen LogP contribution in [0.15, 0.2) is 72.9 Å². The second-order valence-electron chi connectivity index (χ2n) is 7.14. The van der Waals surface area contributed by atoms with Gasteiger partial charge < -0.3 is 23.9 Å². The molecular formula is C25H23NO5. The topological polar surface area (TPSA) is 69.9 Å². The minimum absolute atomic E-state index is 0.00764. The second kappa shape index (κ2) is 8.83. The lowest BCUT2D eigenvalue weighted by atomic mass is 10.1. The number of nitrogens with zero attached hydrogens (tertiary/aromatic N) is 1. The van der Waals surface area contributed by atoms with Gasteiger partial charge in [-0.15, -0.1) is 0 Å². The van der Waals surface area contributed by atoms with Crippen LogP contribution < -0.4 is 14.2 Å². The molecule has 0 unspecified atom stereocenters. The number of rotatable bonds is 8. The monoisotopic (exact) mass is 417 g/mol. The minimum Gasteiger partial charge on any atom is -0.497 e. The molecule has 0 spiro atoms. The van der Waals surface area contributed by atoms with Crippen LogP contribution in [-0.4, -0.2) is 29.9 Å². The van der Waals surface area contributed by atoms with Gasteiger partial charge in [-0.2, -0.15) is 0 Å². The van der Waals surface area contributed by atoms with Gasteiger partial charge in [-0.25, -0.2) is 0 Å². The van der Waals surface area contributed by atoms with Gasteiger partial charge in [0.2, 0.25) is 0 Å². The highest BCUT2D eigenvalue weighted by Gasteiger charge is 2.12. The maximum Gasteiger partial charge on any atom is 0.307 e. The van der Waals surface area contributed by atoms with E-state index in [0.717, 1.165) is 22.0 Å². The Balaban J connectivity index is 1.62. The quantitative estimate of drug-likeness (QED) is 0.431. The first-order chi connectivity index (χ1) is 15.1. The summed E-state index contributed by atoms with van der Waals surface area (Å²) < 4.78 is 18.8. The molecule has 0 radical (unpaired) electrons. The van der Waals surface area contributed by atoms with Crippen molar-refractivity contribution in [3.63, 3.8) is 0 Å². The van der Waals surface area contributed by atoms with E-state index in [1.54, 1.807) is 26.4 Å². The van der Waals surface area contributed by atoms with Crippen molar-refractivity contribution in [3.8, 4) is 23.0 Å². The Morgan fingerprint density at radius 3 is 2.52 bits per heavy atom. The highest BCUT2D eigenvalue weighted by molar-refractivity contribution is 5.87. The van der Waals surface area contributed by atoms with E-state index < -0.39 is 5.97 Å². The lowest BCUT2D eigenvalue weighted by Gasteiger charge is -2.13. The molecule has 0 amide bonds. The van der Waals surface area contributed by atoms with Gasteiger partial charge in [0.1, 0.15) is 11.5 Å². The van der Waals surface area contributed by atoms with E-state index in [0.29, 0.717) is 29.5 Å². The van der Waals surface area contributed by atoms with Crippen LogP contribution in [0.3, 0.4) is 0 Å². The van der Waals surface area contributed by atoms with E-state index in [1.807, 2.05) is 60.8 Å². The van der Waals surface area contributed by atoms with E-state index in [9.17, 15) is 9.90 Å². The van der Waals surface area contributed by atoms with E-state index in [1.165, 1.54) is 0 Å². The number of carboxylic acid groups (broad SMARTS) is 1. The van der Waals surface area contributed by atoms with E-state index in [4.69, 9.17) is 14.2 Å². The molecule has 158 valence electrons. The number of ether oxygens (including phenoxy) is 3. The molecule has 0 saturated heterocycles. The number of hydrogen-bond donors (Lipinski definition) is 1. The zero-order chi connectivity index (χ0) is 21.8. The summed E-state index contributed by atoms with van der Waals surface area (Å²) in [4.78, 5) is 11.3. The molecule has 0 aliphatic carbocycles. The summed E-state index contributed by atoms with van der Waals surface area (Å²) in [6, 6.07) is 21.0. The maximum atomic E-state index is 11.3. The average molecular weight is 417 g/mol. The smallest absolute Gasteiger partial charge is 0.307 e. The highest BCUT2D eigenvalue weighted by atomic mass is 16.5. The molecule has 4 aromatic rings. The van der Waals surface area contributed by atoms with Gasteiger partial charge in [-0.1, -0.05) is 30.3 Å². The number of methoxy groups -OCH3 is 2. The fourth-order valence-corrected chi connectivity index (χ4v) is 3.65.